The molecule has 0 fully saturated rings. The highest BCUT2D eigenvalue weighted by Crippen LogP contribution is 2.39. The molecule has 0 amide bonds. The van der Waals surface area contributed by atoms with Crippen LogP contribution < -0.4 is 20.5 Å². The maximum Gasteiger partial charge on any atom is 0.338 e. The average Bonchev–Trinajstić information content (AvgIpc) is 3.50. The predicted molar refractivity (Wildman–Crippen MR) is 118 cm³/mol. The van der Waals surface area contributed by atoms with Crippen LogP contribution in [0.25, 0.3) is 17.5 Å². The summed E-state index contributed by atoms with van der Waals surface area (Å²) in [6.45, 7) is 0. The number of thiophene rings is 2. The van der Waals surface area contributed by atoms with Gasteiger partial charge in [0.1, 0.15) is 10.5 Å². The van der Waals surface area contributed by atoms with Gasteiger partial charge in [0.2, 0.25) is 0 Å². The Labute approximate surface area is 182 Å². The van der Waals surface area contributed by atoms with Crippen LogP contribution in [0.5, 0.6) is 0 Å². The van der Waals surface area contributed by atoms with Gasteiger partial charge in [0.15, 0.2) is 0 Å². The number of nitrogens with zero attached hydrogens (tertiary/aromatic N) is 1. The Morgan fingerprint density at radius 1 is 1.07 bits per heavy atom. The van der Waals surface area contributed by atoms with Crippen molar-refractivity contribution in [2.75, 3.05) is 14.2 Å². The molecule has 2 N–H and O–H groups in total. The number of nitrogens with two attached hydrogens (primary N) is 1. The van der Waals surface area contributed by atoms with Crippen LogP contribution in [0.3, 0.4) is 0 Å². The Hall–Kier alpha value is -2.95. The van der Waals surface area contributed by atoms with Gasteiger partial charge in [-0.1, -0.05) is 12.1 Å². The second-order valence-corrected chi connectivity index (χ2v) is 9.21. The first-order chi connectivity index (χ1) is 14.5. The summed E-state index contributed by atoms with van der Waals surface area (Å²) in [6.07, 6.45) is 1.74. The summed E-state index contributed by atoms with van der Waals surface area (Å²) in [5.41, 5.74) is 6.14. The first-order valence-corrected chi connectivity index (χ1v) is 11.3. The molecule has 3 aromatic heterocycles. The zero-order chi connectivity index (χ0) is 21.4. The van der Waals surface area contributed by atoms with Crippen LogP contribution in [0.2, 0.25) is 0 Å². The fourth-order valence-corrected chi connectivity index (χ4v) is 6.04. The molecule has 1 atom stereocenters. The molecule has 10 heteroatoms. The number of carbonyl (C=O) groups is 2. The third-order valence-electron chi connectivity index (χ3n) is 4.60. The molecule has 154 valence electrons. The number of hydrogen-bond donors (Lipinski definition) is 1. The van der Waals surface area contributed by atoms with Gasteiger partial charge in [0.25, 0.3) is 5.56 Å². The van der Waals surface area contributed by atoms with Crippen LogP contribution in [-0.2, 0) is 19.1 Å². The second-order valence-electron chi connectivity index (χ2n) is 6.22. The quantitative estimate of drug-likeness (QED) is 0.589. The monoisotopic (exact) mass is 460 g/mol. The van der Waals surface area contributed by atoms with Crippen LogP contribution in [0, 0.1) is 0 Å². The number of hydrogen-bond acceptors (Lipinski definition) is 9. The van der Waals surface area contributed by atoms with Crippen molar-refractivity contribution in [2.45, 2.75) is 5.92 Å². The Bertz CT molecular complexity index is 1330. The molecule has 0 saturated carbocycles. The molecule has 0 unspecified atom stereocenters. The number of rotatable bonds is 4. The zero-order valence-electron chi connectivity index (χ0n) is 15.9. The third-order valence-corrected chi connectivity index (χ3v) is 7.47. The molecular weight excluding hydrogens is 444 g/mol. The first kappa shape index (κ1) is 20.3. The molecule has 3 aromatic rings. The van der Waals surface area contributed by atoms with Gasteiger partial charge in [0, 0.05) is 9.75 Å². The number of esters is 2. The number of thiazole rings is 1. The Morgan fingerprint density at radius 2 is 1.73 bits per heavy atom. The van der Waals surface area contributed by atoms with Crippen LogP contribution >= 0.6 is 34.0 Å². The molecule has 0 bridgehead atoms. The molecule has 0 aliphatic carbocycles. The molecule has 0 saturated heterocycles. The van der Waals surface area contributed by atoms with Crippen LogP contribution in [0.1, 0.15) is 15.7 Å². The van der Waals surface area contributed by atoms with Crippen molar-refractivity contribution in [3.05, 3.63) is 69.9 Å². The fraction of sp³-hybridized carbons (Fsp3) is 0.150. The van der Waals surface area contributed by atoms with E-state index in [2.05, 4.69) is 0 Å². The molecule has 30 heavy (non-hydrogen) atoms. The third kappa shape index (κ3) is 3.22. The minimum absolute atomic E-state index is 0.0374. The summed E-state index contributed by atoms with van der Waals surface area (Å²) < 4.78 is 11.9. The highest BCUT2D eigenvalue weighted by molar-refractivity contribution is 7.11. The smallest absolute Gasteiger partial charge is 0.338 e. The van der Waals surface area contributed by atoms with E-state index in [1.165, 1.54) is 41.5 Å². The number of ether oxygens (including phenoxy) is 2. The largest absolute Gasteiger partial charge is 0.466 e. The zero-order valence-corrected chi connectivity index (χ0v) is 18.4. The summed E-state index contributed by atoms with van der Waals surface area (Å²) in [5, 5.41) is 3.74. The van der Waals surface area contributed by atoms with E-state index in [4.69, 9.17) is 15.2 Å². The van der Waals surface area contributed by atoms with Crippen molar-refractivity contribution >= 4 is 63.4 Å². The Kier molecular flexibility index (Phi) is 5.46. The van der Waals surface area contributed by atoms with Gasteiger partial charge < -0.3 is 15.2 Å². The SMILES string of the molecule is COC(=O)C1=C(N)n2c(s/c(=C/c3cccs3)c2=O)=C(C(=O)OC)[C@H]1c1cccs1. The van der Waals surface area contributed by atoms with Crippen molar-refractivity contribution in [3.8, 4) is 0 Å². The van der Waals surface area contributed by atoms with Crippen molar-refractivity contribution in [3.63, 3.8) is 0 Å². The normalized spacial score (nSPS) is 16.5. The van der Waals surface area contributed by atoms with E-state index in [9.17, 15) is 14.4 Å². The standard InChI is InChI=1S/C20H16N2O5S3/c1-26-19(24)14-13(11-6-4-8-29-11)15(20(25)27-2)18-22(16(14)21)17(23)12(30-18)9-10-5-3-7-28-10/h3-9,13H,21H2,1-2H3/b12-9+/t13-/m0/s1. The summed E-state index contributed by atoms with van der Waals surface area (Å²) in [7, 11) is 2.49. The summed E-state index contributed by atoms with van der Waals surface area (Å²) in [5.74, 6) is -2.19. The van der Waals surface area contributed by atoms with Crippen molar-refractivity contribution in [1.29, 1.82) is 0 Å². The first-order valence-electron chi connectivity index (χ1n) is 8.69. The van der Waals surface area contributed by atoms with Crippen molar-refractivity contribution < 1.29 is 19.1 Å². The van der Waals surface area contributed by atoms with Gasteiger partial charge in [-0.25, -0.2) is 9.59 Å². The van der Waals surface area contributed by atoms with E-state index in [1.54, 1.807) is 12.1 Å². The Morgan fingerprint density at radius 3 is 2.33 bits per heavy atom. The van der Waals surface area contributed by atoms with Gasteiger partial charge in [-0.05, 0) is 29.0 Å². The fourth-order valence-electron chi connectivity index (χ4n) is 3.31. The molecule has 1 aliphatic rings. The van der Waals surface area contributed by atoms with E-state index < -0.39 is 23.4 Å². The lowest BCUT2D eigenvalue weighted by molar-refractivity contribution is -0.136. The van der Waals surface area contributed by atoms with E-state index in [0.29, 0.717) is 9.20 Å². The minimum Gasteiger partial charge on any atom is -0.466 e. The summed E-state index contributed by atoms with van der Waals surface area (Å²) >= 11 is 3.99. The molecule has 7 nitrogen and oxygen atoms in total. The molecule has 0 spiro atoms. The van der Waals surface area contributed by atoms with Gasteiger partial charge in [-0.3, -0.25) is 9.36 Å². The number of carbonyl (C=O) groups excluding carboxylic acids is 2. The Balaban J connectivity index is 2.14. The van der Waals surface area contributed by atoms with E-state index in [-0.39, 0.29) is 17.0 Å². The van der Waals surface area contributed by atoms with Crippen LogP contribution in [0.15, 0.2) is 45.4 Å². The maximum atomic E-state index is 13.2. The van der Waals surface area contributed by atoms with Gasteiger partial charge >= 0.3 is 11.9 Å². The maximum absolute atomic E-state index is 13.2. The number of fused-ring (bicyclic) bond motifs is 1. The molecule has 4 rings (SSSR count). The van der Waals surface area contributed by atoms with Crippen LogP contribution in [-0.4, -0.2) is 30.7 Å². The van der Waals surface area contributed by atoms with Gasteiger partial charge in [0.05, 0.1) is 35.8 Å². The summed E-state index contributed by atoms with van der Waals surface area (Å²) in [4.78, 5) is 40.3. The molecule has 0 aromatic carbocycles. The molecule has 0 radical (unpaired) electrons. The van der Waals surface area contributed by atoms with Gasteiger partial charge in [-0.2, -0.15) is 0 Å². The second kappa shape index (κ2) is 8.05. The van der Waals surface area contributed by atoms with Crippen molar-refractivity contribution in [2.24, 2.45) is 5.73 Å². The highest BCUT2D eigenvalue weighted by atomic mass is 32.1. The molecule has 1 aliphatic heterocycles. The topological polar surface area (TPSA) is 101 Å². The van der Waals surface area contributed by atoms with Crippen LogP contribution in [0.4, 0.5) is 0 Å². The van der Waals surface area contributed by atoms with E-state index >= 15 is 0 Å². The predicted octanol–water partition coefficient (Wildman–Crippen LogP) is 1.28. The average molecular weight is 461 g/mol. The minimum atomic E-state index is -0.794. The molecule has 4 heterocycles. The highest BCUT2D eigenvalue weighted by Gasteiger charge is 2.40. The van der Waals surface area contributed by atoms with E-state index in [0.717, 1.165) is 21.1 Å². The lowest BCUT2D eigenvalue weighted by Gasteiger charge is -2.25. The number of methoxy groups -OCH3 is 2. The van der Waals surface area contributed by atoms with Gasteiger partial charge in [-0.15, -0.1) is 34.0 Å². The lowest BCUT2D eigenvalue weighted by Crippen LogP contribution is -2.41. The van der Waals surface area contributed by atoms with Crippen molar-refractivity contribution in [1.82, 2.24) is 4.57 Å². The number of aromatic nitrogens is 1. The van der Waals surface area contributed by atoms with E-state index in [1.807, 2.05) is 29.0 Å². The lowest BCUT2D eigenvalue weighted by atomic mass is 9.88. The molecular formula is C20H16N2O5S3. The summed E-state index contributed by atoms with van der Waals surface area (Å²) in [6, 6.07) is 7.37.